The van der Waals surface area contributed by atoms with Gasteiger partial charge in [0.05, 0.1) is 0 Å². The van der Waals surface area contributed by atoms with Crippen molar-refractivity contribution in [2.75, 3.05) is 0 Å². The molecule has 1 heterocycles. The molecule has 0 aliphatic rings. The van der Waals surface area contributed by atoms with E-state index in [0.717, 1.165) is 40.4 Å². The fraction of sp³-hybridized carbons (Fsp3) is 0.450. The number of hydrogen-bond donors (Lipinski definition) is 1. The highest BCUT2D eigenvalue weighted by atomic mass is 79.9. The Hall–Kier alpha value is -1.31. The molecule has 0 saturated carbocycles. The van der Waals surface area contributed by atoms with Crippen LogP contribution in [0.3, 0.4) is 0 Å². The summed E-state index contributed by atoms with van der Waals surface area (Å²) in [4.78, 5) is 12.5. The number of carbonyl (C=O) groups is 1. The van der Waals surface area contributed by atoms with Crippen LogP contribution >= 0.6 is 27.3 Å². The molecule has 4 nitrogen and oxygen atoms in total. The van der Waals surface area contributed by atoms with Gasteiger partial charge in [0.1, 0.15) is 18.0 Å². The van der Waals surface area contributed by atoms with E-state index in [2.05, 4.69) is 47.0 Å². The lowest BCUT2D eigenvalue weighted by Crippen LogP contribution is -2.27. The summed E-state index contributed by atoms with van der Waals surface area (Å²) in [5.74, 6) is 0.817. The molecule has 1 aromatic carbocycles. The van der Waals surface area contributed by atoms with Crippen molar-refractivity contribution in [1.29, 1.82) is 0 Å². The molecule has 2 aromatic rings. The molecule has 2 N–H and O–H groups in total. The minimum absolute atomic E-state index is 0.0786. The van der Waals surface area contributed by atoms with Crippen molar-refractivity contribution in [2.45, 2.75) is 57.2 Å². The zero-order valence-corrected chi connectivity index (χ0v) is 19.5. The van der Waals surface area contributed by atoms with Crippen molar-refractivity contribution in [3.8, 4) is 5.75 Å². The molecule has 0 aliphatic carbocycles. The standard InChI is InChI=1S/C20H28BrNO3SSi/c1-27(2,3)13-11-16(25-20(22)23)9-10-18(19-8-5-12-26-19)24-17-7-4-6-15(21)14-17/h4-8,12,14,16,18H,9-11,13H2,1-3H3,(H2,22,23)/t16-,18?/m0/s1. The van der Waals surface area contributed by atoms with Gasteiger partial charge in [-0.3, -0.25) is 0 Å². The Kier molecular flexibility index (Phi) is 8.38. The van der Waals surface area contributed by atoms with Crippen molar-refractivity contribution in [1.82, 2.24) is 0 Å². The van der Waals surface area contributed by atoms with Crippen molar-refractivity contribution < 1.29 is 14.3 Å². The molecule has 0 spiro atoms. The van der Waals surface area contributed by atoms with Gasteiger partial charge in [-0.2, -0.15) is 0 Å². The highest BCUT2D eigenvalue weighted by molar-refractivity contribution is 9.10. The highest BCUT2D eigenvalue weighted by Gasteiger charge is 2.22. The zero-order valence-electron chi connectivity index (χ0n) is 16.1. The van der Waals surface area contributed by atoms with Gasteiger partial charge in [-0.15, -0.1) is 11.3 Å². The number of halogens is 1. The highest BCUT2D eigenvalue weighted by Crippen LogP contribution is 2.31. The minimum Gasteiger partial charge on any atom is -0.485 e. The van der Waals surface area contributed by atoms with Crippen LogP contribution in [0.15, 0.2) is 46.3 Å². The zero-order chi connectivity index (χ0) is 19.9. The average molecular weight is 471 g/mol. The molecule has 148 valence electrons. The van der Waals surface area contributed by atoms with Crippen LogP contribution in [0.25, 0.3) is 0 Å². The Morgan fingerprint density at radius 3 is 2.56 bits per heavy atom. The molecule has 0 saturated heterocycles. The topological polar surface area (TPSA) is 61.6 Å². The van der Waals surface area contributed by atoms with E-state index >= 15 is 0 Å². The first-order valence-electron chi connectivity index (χ1n) is 9.14. The molecule has 0 bridgehead atoms. The Morgan fingerprint density at radius 1 is 1.19 bits per heavy atom. The summed E-state index contributed by atoms with van der Waals surface area (Å²) in [5, 5.41) is 2.05. The van der Waals surface area contributed by atoms with Gasteiger partial charge >= 0.3 is 6.09 Å². The predicted molar refractivity (Wildman–Crippen MR) is 118 cm³/mol. The summed E-state index contributed by atoms with van der Waals surface area (Å²) in [6.07, 6.45) is 1.40. The van der Waals surface area contributed by atoms with E-state index in [-0.39, 0.29) is 12.2 Å². The van der Waals surface area contributed by atoms with E-state index in [1.807, 2.05) is 30.3 Å². The van der Waals surface area contributed by atoms with Crippen molar-refractivity contribution in [3.05, 3.63) is 51.1 Å². The fourth-order valence-corrected chi connectivity index (χ4v) is 5.15. The lowest BCUT2D eigenvalue weighted by molar-refractivity contribution is 0.0854. The van der Waals surface area contributed by atoms with E-state index in [0.29, 0.717) is 0 Å². The Labute approximate surface area is 175 Å². The van der Waals surface area contributed by atoms with Crippen LogP contribution < -0.4 is 10.5 Å². The largest absolute Gasteiger partial charge is 0.485 e. The van der Waals surface area contributed by atoms with E-state index in [9.17, 15) is 4.79 Å². The third kappa shape index (κ3) is 8.49. The third-order valence-corrected chi connectivity index (χ3v) is 7.43. The first-order chi connectivity index (χ1) is 12.7. The summed E-state index contributed by atoms with van der Waals surface area (Å²) in [5.41, 5.74) is 5.29. The first-order valence-corrected chi connectivity index (χ1v) is 14.5. The van der Waals surface area contributed by atoms with Crippen LogP contribution in [0.4, 0.5) is 4.79 Å². The Balaban J connectivity index is 2.05. The molecule has 7 heteroatoms. The summed E-state index contributed by atoms with van der Waals surface area (Å²) in [6, 6.07) is 13.1. The summed E-state index contributed by atoms with van der Waals surface area (Å²) >= 11 is 5.16. The van der Waals surface area contributed by atoms with Crippen LogP contribution in [0.1, 0.15) is 30.2 Å². The van der Waals surface area contributed by atoms with Crippen molar-refractivity contribution in [3.63, 3.8) is 0 Å². The molecule has 1 unspecified atom stereocenters. The molecule has 0 radical (unpaired) electrons. The molecule has 2 atom stereocenters. The van der Waals surface area contributed by atoms with Crippen molar-refractivity contribution >= 4 is 41.4 Å². The van der Waals surface area contributed by atoms with E-state index in [1.54, 1.807) is 11.3 Å². The molecule has 0 aliphatic heterocycles. The molecule has 1 amide bonds. The number of hydrogen-bond acceptors (Lipinski definition) is 4. The number of thiophene rings is 1. The first kappa shape index (κ1) is 22.0. The second-order valence-electron chi connectivity index (χ2n) is 7.81. The van der Waals surface area contributed by atoms with Crippen molar-refractivity contribution in [2.24, 2.45) is 5.73 Å². The van der Waals surface area contributed by atoms with E-state index in [1.165, 1.54) is 0 Å². The summed E-state index contributed by atoms with van der Waals surface area (Å²) < 4.78 is 12.6. The molecule has 27 heavy (non-hydrogen) atoms. The Morgan fingerprint density at radius 2 is 1.96 bits per heavy atom. The van der Waals surface area contributed by atoms with Gasteiger partial charge in [0.15, 0.2) is 0 Å². The average Bonchev–Trinajstić information content (AvgIpc) is 3.09. The van der Waals surface area contributed by atoms with E-state index < -0.39 is 14.2 Å². The van der Waals surface area contributed by atoms with Gasteiger partial charge < -0.3 is 15.2 Å². The van der Waals surface area contributed by atoms with Gasteiger partial charge in [0.25, 0.3) is 0 Å². The number of nitrogens with two attached hydrogens (primary N) is 1. The van der Waals surface area contributed by atoms with Crippen LogP contribution in [-0.4, -0.2) is 20.3 Å². The quantitative estimate of drug-likeness (QED) is 0.398. The fourth-order valence-electron chi connectivity index (χ4n) is 2.80. The minimum atomic E-state index is -1.21. The second kappa shape index (κ2) is 10.3. The third-order valence-electron chi connectivity index (χ3n) is 4.18. The Bertz CT molecular complexity index is 718. The normalized spacial score (nSPS) is 13.8. The lowest BCUT2D eigenvalue weighted by atomic mass is 10.1. The lowest BCUT2D eigenvalue weighted by Gasteiger charge is -2.24. The monoisotopic (exact) mass is 469 g/mol. The molecule has 1 aromatic heterocycles. The maximum Gasteiger partial charge on any atom is 0.404 e. The maximum atomic E-state index is 11.3. The number of amides is 1. The van der Waals surface area contributed by atoms with Gasteiger partial charge in [0, 0.05) is 17.4 Å². The molecular formula is C20H28BrNO3SSi. The van der Waals surface area contributed by atoms with Gasteiger partial charge in [0.2, 0.25) is 0 Å². The van der Waals surface area contributed by atoms with Gasteiger partial charge in [-0.05, 0) is 48.9 Å². The summed E-state index contributed by atoms with van der Waals surface area (Å²) in [7, 11) is -1.21. The molecule has 0 fully saturated rings. The number of primary amides is 1. The van der Waals surface area contributed by atoms with Gasteiger partial charge in [-0.1, -0.05) is 53.7 Å². The summed E-state index contributed by atoms with van der Waals surface area (Å²) in [6.45, 7) is 6.96. The number of benzene rings is 1. The number of carbonyl (C=O) groups excluding carboxylic acids is 1. The number of rotatable bonds is 10. The smallest absolute Gasteiger partial charge is 0.404 e. The SMILES string of the molecule is C[Si](C)(C)CC[C@H](CCC(Oc1cccc(Br)c1)c1cccs1)OC(N)=O. The maximum absolute atomic E-state index is 11.3. The number of ether oxygens (including phenoxy) is 2. The van der Waals surface area contributed by atoms with Crippen LogP contribution in [0.5, 0.6) is 5.75 Å². The molecular weight excluding hydrogens is 442 g/mol. The van der Waals surface area contributed by atoms with Gasteiger partial charge in [-0.25, -0.2) is 4.79 Å². The predicted octanol–water partition coefficient (Wildman–Crippen LogP) is 6.60. The molecule has 2 rings (SSSR count). The van der Waals surface area contributed by atoms with E-state index in [4.69, 9.17) is 15.2 Å². The second-order valence-corrected chi connectivity index (χ2v) is 15.3. The van der Waals surface area contributed by atoms with Crippen LogP contribution in [0, 0.1) is 0 Å². The van der Waals surface area contributed by atoms with Crippen LogP contribution in [0.2, 0.25) is 25.7 Å². The van der Waals surface area contributed by atoms with Crippen LogP contribution in [-0.2, 0) is 4.74 Å².